The lowest BCUT2D eigenvalue weighted by Crippen LogP contribution is -2.58. The molecule has 8 nitrogen and oxygen atoms in total. The fourth-order valence-electron chi connectivity index (χ4n) is 3.72. The number of methoxy groups -OCH3 is 1. The average molecular weight is 462 g/mol. The Balaban J connectivity index is 1.40. The Morgan fingerprint density at radius 1 is 1.26 bits per heavy atom. The number of nitrogen functional groups attached to an aromatic ring is 1. The van der Waals surface area contributed by atoms with E-state index >= 15 is 0 Å². The number of rotatable bonds is 8. The molecule has 0 aliphatic carbocycles. The predicted octanol–water partition coefficient (Wildman–Crippen LogP) is 2.67. The zero-order valence-electron chi connectivity index (χ0n) is 17.2. The molecule has 2 aromatic heterocycles. The quantitative estimate of drug-likeness (QED) is 0.551. The number of hydrogen-bond donors (Lipinski definition) is 1. The molecule has 1 fully saturated rings. The molecule has 10 heteroatoms. The monoisotopic (exact) mass is 461 g/mol. The van der Waals surface area contributed by atoms with E-state index in [1.807, 2.05) is 35.2 Å². The minimum atomic E-state index is -0.340. The van der Waals surface area contributed by atoms with E-state index in [1.54, 1.807) is 7.11 Å². The minimum Gasteiger partial charge on any atom is -0.483 e. The fraction of sp³-hybridized carbons (Fsp3) is 0.381. The smallest absolute Gasteiger partial charge is 0.242 e. The second-order valence-electron chi connectivity index (χ2n) is 7.28. The van der Waals surface area contributed by atoms with Crippen LogP contribution in [0.1, 0.15) is 5.56 Å². The van der Waals surface area contributed by atoms with E-state index in [9.17, 15) is 4.79 Å². The van der Waals surface area contributed by atoms with Crippen LogP contribution in [-0.4, -0.2) is 71.7 Å². The third kappa shape index (κ3) is 5.07. The van der Waals surface area contributed by atoms with Crippen molar-refractivity contribution in [3.63, 3.8) is 0 Å². The number of hydrogen-bond acceptors (Lipinski definition) is 8. The molecule has 1 aliphatic heterocycles. The van der Waals surface area contributed by atoms with Crippen molar-refractivity contribution in [1.29, 1.82) is 0 Å². The Kier molecular flexibility index (Phi) is 6.86. The van der Waals surface area contributed by atoms with Gasteiger partial charge in [-0.25, -0.2) is 9.97 Å². The molecule has 0 radical (unpaired) electrons. The van der Waals surface area contributed by atoms with E-state index < -0.39 is 0 Å². The number of benzene rings is 1. The molecule has 0 spiro atoms. The summed E-state index contributed by atoms with van der Waals surface area (Å²) in [5.41, 5.74) is 7.68. The highest BCUT2D eigenvalue weighted by molar-refractivity contribution is 7.17. The summed E-state index contributed by atoms with van der Waals surface area (Å²) < 4.78 is 11.8. The van der Waals surface area contributed by atoms with Crippen LogP contribution in [0.3, 0.4) is 0 Å². The van der Waals surface area contributed by atoms with Gasteiger partial charge in [-0.15, -0.1) is 0 Å². The van der Waals surface area contributed by atoms with Gasteiger partial charge in [-0.05, 0) is 29.8 Å². The van der Waals surface area contributed by atoms with Crippen molar-refractivity contribution in [2.24, 2.45) is 0 Å². The lowest BCUT2D eigenvalue weighted by molar-refractivity contribution is -0.145. The molecule has 0 saturated carbocycles. The molecule has 1 aromatic carbocycles. The van der Waals surface area contributed by atoms with Crippen LogP contribution in [0.2, 0.25) is 4.34 Å². The van der Waals surface area contributed by atoms with E-state index in [0.29, 0.717) is 43.0 Å². The van der Waals surface area contributed by atoms with Gasteiger partial charge in [0.25, 0.3) is 0 Å². The topological polar surface area (TPSA) is 93.8 Å². The molecule has 31 heavy (non-hydrogen) atoms. The van der Waals surface area contributed by atoms with E-state index in [4.69, 9.17) is 26.8 Å². The normalized spacial score (nSPS) is 17.4. The third-order valence-electron chi connectivity index (χ3n) is 5.30. The first-order chi connectivity index (χ1) is 15.0. The summed E-state index contributed by atoms with van der Waals surface area (Å²) in [5.74, 6) is 0.503. The van der Waals surface area contributed by atoms with Gasteiger partial charge in [-0.1, -0.05) is 29.0 Å². The largest absolute Gasteiger partial charge is 0.483 e. The maximum absolute atomic E-state index is 13.2. The molecule has 3 aromatic rings. The molecule has 0 bridgehead atoms. The SMILES string of the molecule is COCC1C(=O)N(Cc2ccc3c(N)ncnc3c2)CCN1CCOc1ccc(Cl)s1. The maximum atomic E-state index is 13.2. The lowest BCUT2D eigenvalue weighted by Gasteiger charge is -2.40. The zero-order chi connectivity index (χ0) is 21.8. The van der Waals surface area contributed by atoms with Gasteiger partial charge in [-0.2, -0.15) is 0 Å². The highest BCUT2D eigenvalue weighted by Crippen LogP contribution is 2.28. The molecule has 3 heterocycles. The summed E-state index contributed by atoms with van der Waals surface area (Å²) in [5, 5.41) is 1.59. The molecule has 1 saturated heterocycles. The number of nitrogens with two attached hydrogens (primary N) is 1. The van der Waals surface area contributed by atoms with Crippen LogP contribution < -0.4 is 10.5 Å². The van der Waals surface area contributed by atoms with Crippen LogP contribution in [0.4, 0.5) is 5.82 Å². The number of carbonyl (C=O) groups excluding carboxylic acids is 1. The number of piperazine rings is 1. The summed E-state index contributed by atoms with van der Waals surface area (Å²) in [6, 6.07) is 9.15. The van der Waals surface area contributed by atoms with E-state index in [2.05, 4.69) is 14.9 Å². The van der Waals surface area contributed by atoms with Crippen molar-refractivity contribution in [2.45, 2.75) is 12.6 Å². The first kappa shape index (κ1) is 21.8. The van der Waals surface area contributed by atoms with Gasteiger partial charge in [0.15, 0.2) is 5.06 Å². The third-order valence-corrected chi connectivity index (χ3v) is 6.44. The molecule has 164 valence electrons. The van der Waals surface area contributed by atoms with Crippen molar-refractivity contribution in [3.05, 3.63) is 46.6 Å². The van der Waals surface area contributed by atoms with Gasteiger partial charge >= 0.3 is 0 Å². The van der Waals surface area contributed by atoms with Gasteiger partial charge < -0.3 is 20.1 Å². The number of anilines is 1. The highest BCUT2D eigenvalue weighted by atomic mass is 35.5. The standard InChI is InChI=1S/C21H24ClN5O3S/c1-29-12-17-21(28)27(7-6-26(17)8-9-30-19-5-4-18(22)31-19)11-14-2-3-15-16(10-14)24-13-25-20(15)23/h2-5,10,13,17H,6-9,11-12H2,1H3,(H2,23,24,25). The molecule has 1 amide bonds. The molecular formula is C21H24ClN5O3S. The van der Waals surface area contributed by atoms with Crippen molar-refractivity contribution in [3.8, 4) is 5.06 Å². The van der Waals surface area contributed by atoms with Crippen LogP contribution in [0, 0.1) is 0 Å². The zero-order valence-corrected chi connectivity index (χ0v) is 18.7. The van der Waals surface area contributed by atoms with Crippen molar-refractivity contribution >= 4 is 45.6 Å². The lowest BCUT2D eigenvalue weighted by atomic mass is 10.1. The number of aromatic nitrogens is 2. The van der Waals surface area contributed by atoms with Gasteiger partial charge in [0.05, 0.1) is 16.5 Å². The predicted molar refractivity (Wildman–Crippen MR) is 121 cm³/mol. The Morgan fingerprint density at radius 3 is 2.90 bits per heavy atom. The van der Waals surface area contributed by atoms with Gasteiger partial charge in [-0.3, -0.25) is 9.69 Å². The minimum absolute atomic E-state index is 0.0505. The number of thiophene rings is 1. The number of halogens is 1. The van der Waals surface area contributed by atoms with Crippen LogP contribution in [0.5, 0.6) is 5.06 Å². The van der Waals surface area contributed by atoms with Gasteiger partial charge in [0.2, 0.25) is 5.91 Å². The van der Waals surface area contributed by atoms with Crippen LogP contribution in [0.25, 0.3) is 10.9 Å². The number of carbonyl (C=O) groups is 1. The second-order valence-corrected chi connectivity index (χ2v) is 8.96. The molecule has 2 N–H and O–H groups in total. The average Bonchev–Trinajstić information content (AvgIpc) is 3.17. The molecule has 1 unspecified atom stereocenters. The van der Waals surface area contributed by atoms with Crippen molar-refractivity contribution in [2.75, 3.05) is 45.7 Å². The van der Waals surface area contributed by atoms with E-state index in [0.717, 1.165) is 28.1 Å². The van der Waals surface area contributed by atoms with Crippen LogP contribution in [0.15, 0.2) is 36.7 Å². The number of ether oxygens (including phenoxy) is 2. The van der Waals surface area contributed by atoms with Crippen molar-refractivity contribution in [1.82, 2.24) is 19.8 Å². The summed E-state index contributed by atoms with van der Waals surface area (Å²) in [4.78, 5) is 25.5. The fourth-order valence-corrected chi connectivity index (χ4v) is 4.62. The Labute approximate surface area is 189 Å². The van der Waals surface area contributed by atoms with Crippen LogP contribution >= 0.6 is 22.9 Å². The Bertz CT molecular complexity index is 1060. The number of amides is 1. The van der Waals surface area contributed by atoms with Crippen molar-refractivity contribution < 1.29 is 14.3 Å². The molecule has 4 rings (SSSR count). The van der Waals surface area contributed by atoms with E-state index in [-0.39, 0.29) is 11.9 Å². The molecule has 1 atom stereocenters. The summed E-state index contributed by atoms with van der Waals surface area (Å²) in [6.45, 7) is 3.34. The second kappa shape index (κ2) is 9.78. The Hall–Kier alpha value is -2.46. The molecular weight excluding hydrogens is 438 g/mol. The molecule has 1 aliphatic rings. The van der Waals surface area contributed by atoms with Gasteiger partial charge in [0, 0.05) is 38.7 Å². The summed E-state index contributed by atoms with van der Waals surface area (Å²) in [6.07, 6.45) is 1.45. The number of fused-ring (bicyclic) bond motifs is 1. The Morgan fingerprint density at radius 2 is 2.13 bits per heavy atom. The summed E-state index contributed by atoms with van der Waals surface area (Å²) >= 11 is 7.34. The maximum Gasteiger partial charge on any atom is 0.242 e. The van der Waals surface area contributed by atoms with Gasteiger partial charge in [0.1, 0.15) is 24.8 Å². The number of nitrogens with zero attached hydrogens (tertiary/aromatic N) is 4. The highest BCUT2D eigenvalue weighted by Gasteiger charge is 2.34. The first-order valence-corrected chi connectivity index (χ1v) is 11.1. The van der Waals surface area contributed by atoms with E-state index in [1.165, 1.54) is 17.7 Å². The first-order valence-electron chi connectivity index (χ1n) is 9.94. The summed E-state index contributed by atoms with van der Waals surface area (Å²) in [7, 11) is 1.61. The van der Waals surface area contributed by atoms with Crippen LogP contribution in [-0.2, 0) is 16.1 Å².